The fourth-order valence-electron chi connectivity index (χ4n) is 2.75. The molecule has 0 bridgehead atoms. The Hall–Kier alpha value is -0.820. The highest BCUT2D eigenvalue weighted by Gasteiger charge is 2.32. The molecule has 2 rings (SSSR count). The third-order valence-electron chi connectivity index (χ3n) is 4.09. The number of carbonyl (C=O) groups excluding carboxylic acids is 1. The second-order valence-corrected chi connectivity index (χ2v) is 8.73. The van der Waals surface area contributed by atoms with Gasteiger partial charge >= 0.3 is 0 Å². The topological polar surface area (TPSA) is 66.5 Å². The van der Waals surface area contributed by atoms with E-state index in [0.29, 0.717) is 41.5 Å². The Morgan fingerprint density at radius 3 is 2.62 bits per heavy atom. The zero-order valence-corrected chi connectivity index (χ0v) is 15.9. The third-order valence-corrected chi connectivity index (χ3v) is 6.57. The molecule has 1 fully saturated rings. The van der Waals surface area contributed by atoms with Crippen LogP contribution in [0.2, 0.25) is 10.0 Å². The lowest BCUT2D eigenvalue weighted by molar-refractivity contribution is -0.126. The monoisotopic (exact) mass is 392 g/mol. The summed E-state index contributed by atoms with van der Waals surface area (Å²) in [6, 6.07) is 4.92. The number of nitrogens with zero attached hydrogens (tertiary/aromatic N) is 1. The first-order chi connectivity index (χ1) is 11.3. The van der Waals surface area contributed by atoms with Crippen LogP contribution in [0.5, 0.6) is 0 Å². The maximum absolute atomic E-state index is 12.7. The molecule has 1 aromatic rings. The van der Waals surface area contributed by atoms with Gasteiger partial charge in [0, 0.05) is 35.2 Å². The minimum absolute atomic E-state index is 0.0764. The predicted molar refractivity (Wildman–Crippen MR) is 96.7 cm³/mol. The van der Waals surface area contributed by atoms with Crippen molar-refractivity contribution in [2.24, 2.45) is 5.92 Å². The average molecular weight is 393 g/mol. The summed E-state index contributed by atoms with van der Waals surface area (Å²) in [4.78, 5) is 12.1. The lowest BCUT2D eigenvalue weighted by atomic mass is 9.99. The number of carbonyl (C=O) groups is 1. The van der Waals surface area contributed by atoms with E-state index < -0.39 is 10.0 Å². The summed E-state index contributed by atoms with van der Waals surface area (Å²) in [5.74, 6) is -0.635. The molecule has 0 radical (unpaired) electrons. The maximum Gasteiger partial charge on any atom is 0.224 e. The third kappa shape index (κ3) is 4.85. The molecule has 1 amide bonds. The second-order valence-electron chi connectivity index (χ2n) is 5.94. The molecule has 8 heteroatoms. The van der Waals surface area contributed by atoms with Crippen molar-refractivity contribution in [2.75, 3.05) is 19.6 Å². The van der Waals surface area contributed by atoms with E-state index in [1.54, 1.807) is 18.2 Å². The Morgan fingerprint density at radius 2 is 2.00 bits per heavy atom. The minimum Gasteiger partial charge on any atom is -0.356 e. The van der Waals surface area contributed by atoms with Crippen LogP contribution in [-0.4, -0.2) is 38.3 Å². The van der Waals surface area contributed by atoms with Gasteiger partial charge in [-0.15, -0.1) is 0 Å². The van der Waals surface area contributed by atoms with Crippen LogP contribution in [0.4, 0.5) is 0 Å². The van der Waals surface area contributed by atoms with Crippen LogP contribution in [-0.2, 0) is 20.6 Å². The molecule has 0 aliphatic carbocycles. The molecule has 1 N–H and O–H groups in total. The summed E-state index contributed by atoms with van der Waals surface area (Å²) in [6.07, 6.45) is 2.22. The Morgan fingerprint density at radius 1 is 1.33 bits per heavy atom. The lowest BCUT2D eigenvalue weighted by Gasteiger charge is -2.31. The van der Waals surface area contributed by atoms with Gasteiger partial charge in [-0.1, -0.05) is 36.2 Å². The number of hydrogen-bond donors (Lipinski definition) is 1. The van der Waals surface area contributed by atoms with E-state index in [1.165, 1.54) is 4.31 Å². The van der Waals surface area contributed by atoms with E-state index in [4.69, 9.17) is 23.2 Å². The van der Waals surface area contributed by atoms with Crippen molar-refractivity contribution in [2.45, 2.75) is 31.9 Å². The predicted octanol–water partition coefficient (Wildman–Crippen LogP) is 3.06. The zero-order chi connectivity index (χ0) is 17.7. The van der Waals surface area contributed by atoms with Gasteiger partial charge in [-0.05, 0) is 31.4 Å². The van der Waals surface area contributed by atoms with E-state index >= 15 is 0 Å². The van der Waals surface area contributed by atoms with Crippen LogP contribution < -0.4 is 5.32 Å². The molecule has 1 aliphatic heterocycles. The Balaban J connectivity index is 2.10. The number of rotatable bonds is 6. The van der Waals surface area contributed by atoms with Crippen molar-refractivity contribution < 1.29 is 13.2 Å². The molecule has 0 saturated carbocycles. The molecule has 1 aliphatic rings. The van der Waals surface area contributed by atoms with E-state index in [1.807, 2.05) is 6.92 Å². The van der Waals surface area contributed by atoms with Gasteiger partial charge in [0.1, 0.15) is 0 Å². The second kappa shape index (κ2) is 8.52. The Labute approximate surface area is 153 Å². The Bertz CT molecular complexity index is 674. The van der Waals surface area contributed by atoms with E-state index in [9.17, 15) is 13.2 Å². The van der Waals surface area contributed by atoms with Crippen LogP contribution in [0.3, 0.4) is 0 Å². The molecule has 5 nitrogen and oxygen atoms in total. The first-order valence-corrected chi connectivity index (χ1v) is 10.4. The highest BCUT2D eigenvalue weighted by molar-refractivity contribution is 7.88. The average Bonchev–Trinajstić information content (AvgIpc) is 2.56. The van der Waals surface area contributed by atoms with E-state index in [-0.39, 0.29) is 24.1 Å². The molecule has 1 saturated heterocycles. The summed E-state index contributed by atoms with van der Waals surface area (Å²) in [5, 5.41) is 3.51. The van der Waals surface area contributed by atoms with Crippen molar-refractivity contribution in [1.82, 2.24) is 9.62 Å². The normalized spacial score (nSPS) is 19.2. The minimum atomic E-state index is -3.58. The molecular formula is C16H22Cl2N2O3S. The molecule has 1 atom stereocenters. The van der Waals surface area contributed by atoms with Gasteiger partial charge in [-0.2, -0.15) is 0 Å². The highest BCUT2D eigenvalue weighted by atomic mass is 35.5. The van der Waals surface area contributed by atoms with Gasteiger partial charge in [0.15, 0.2) is 0 Å². The standard InChI is InChI=1S/C16H22Cl2N2O3S/c1-2-8-19-16(21)12-5-4-9-20(10-12)24(22,23)11-13-14(17)6-3-7-15(13)18/h3,6-7,12H,2,4-5,8-11H2,1H3,(H,19,21)/t12-/m0/s1. The lowest BCUT2D eigenvalue weighted by Crippen LogP contribution is -2.45. The van der Waals surface area contributed by atoms with Crippen molar-refractivity contribution in [3.63, 3.8) is 0 Å². The summed E-state index contributed by atoms with van der Waals surface area (Å²) in [6.45, 7) is 3.21. The number of piperidine rings is 1. The number of hydrogen-bond acceptors (Lipinski definition) is 3. The van der Waals surface area contributed by atoms with Crippen LogP contribution in [0.15, 0.2) is 18.2 Å². The van der Waals surface area contributed by atoms with Crippen LogP contribution in [0, 0.1) is 5.92 Å². The van der Waals surface area contributed by atoms with Gasteiger partial charge < -0.3 is 5.32 Å². The van der Waals surface area contributed by atoms with Gasteiger partial charge in [-0.3, -0.25) is 4.79 Å². The maximum atomic E-state index is 12.7. The van der Waals surface area contributed by atoms with Gasteiger partial charge in [-0.25, -0.2) is 12.7 Å². The molecule has 1 aromatic carbocycles. The van der Waals surface area contributed by atoms with Gasteiger partial charge in [0.2, 0.25) is 15.9 Å². The number of halogens is 2. The number of sulfonamides is 1. The Kier molecular flexibility index (Phi) is 6.92. The molecular weight excluding hydrogens is 371 g/mol. The van der Waals surface area contributed by atoms with Crippen molar-refractivity contribution in [3.8, 4) is 0 Å². The van der Waals surface area contributed by atoms with Crippen LogP contribution in [0.25, 0.3) is 0 Å². The molecule has 1 heterocycles. The fraction of sp³-hybridized carbons (Fsp3) is 0.562. The van der Waals surface area contributed by atoms with Gasteiger partial charge in [0.05, 0.1) is 11.7 Å². The smallest absolute Gasteiger partial charge is 0.224 e. The van der Waals surface area contributed by atoms with Crippen LogP contribution >= 0.6 is 23.2 Å². The molecule has 24 heavy (non-hydrogen) atoms. The molecule has 0 unspecified atom stereocenters. The first-order valence-electron chi connectivity index (χ1n) is 8.03. The quantitative estimate of drug-likeness (QED) is 0.808. The van der Waals surface area contributed by atoms with Crippen molar-refractivity contribution in [1.29, 1.82) is 0 Å². The summed E-state index contributed by atoms with van der Waals surface area (Å²) in [5.41, 5.74) is 0.401. The SMILES string of the molecule is CCCNC(=O)[C@H]1CCCN(S(=O)(=O)Cc2c(Cl)cccc2Cl)C1. The highest BCUT2D eigenvalue weighted by Crippen LogP contribution is 2.28. The molecule has 0 spiro atoms. The first kappa shape index (κ1) is 19.5. The number of amides is 1. The fourth-order valence-corrected chi connectivity index (χ4v) is 5.11. The van der Waals surface area contributed by atoms with Crippen molar-refractivity contribution in [3.05, 3.63) is 33.8 Å². The van der Waals surface area contributed by atoms with E-state index in [2.05, 4.69) is 5.32 Å². The van der Waals surface area contributed by atoms with E-state index in [0.717, 1.165) is 6.42 Å². The molecule has 0 aromatic heterocycles. The zero-order valence-electron chi connectivity index (χ0n) is 13.6. The summed E-state index contributed by atoms with van der Waals surface area (Å²) in [7, 11) is -3.58. The largest absolute Gasteiger partial charge is 0.356 e. The van der Waals surface area contributed by atoms with Gasteiger partial charge in [0.25, 0.3) is 0 Å². The van der Waals surface area contributed by atoms with Crippen LogP contribution in [0.1, 0.15) is 31.7 Å². The summed E-state index contributed by atoms with van der Waals surface area (Å²) < 4.78 is 26.8. The molecule has 134 valence electrons. The number of nitrogens with one attached hydrogen (secondary N) is 1. The number of benzene rings is 1. The summed E-state index contributed by atoms with van der Waals surface area (Å²) >= 11 is 12.2. The van der Waals surface area contributed by atoms with Crippen molar-refractivity contribution >= 4 is 39.1 Å².